The van der Waals surface area contributed by atoms with Crippen molar-refractivity contribution in [2.24, 2.45) is 5.92 Å². The van der Waals surface area contributed by atoms with Crippen molar-refractivity contribution in [3.8, 4) is 28.4 Å². The number of ether oxygens (including phenoxy) is 3. The van der Waals surface area contributed by atoms with Crippen LogP contribution in [0.1, 0.15) is 32.1 Å². The summed E-state index contributed by atoms with van der Waals surface area (Å²) in [5.41, 5.74) is 0.901. The number of hydrogen-bond donors (Lipinski definition) is 1. The van der Waals surface area contributed by atoms with Crippen molar-refractivity contribution in [2.45, 2.75) is 32.1 Å². The normalized spacial score (nSPS) is 14.2. The van der Waals surface area contributed by atoms with Crippen molar-refractivity contribution < 1.29 is 23.4 Å². The van der Waals surface area contributed by atoms with Crippen LogP contribution in [0.15, 0.2) is 45.6 Å². The van der Waals surface area contributed by atoms with E-state index in [0.717, 1.165) is 32.1 Å². The molecule has 1 N–H and O–H groups in total. The van der Waals surface area contributed by atoms with Gasteiger partial charge in [-0.1, -0.05) is 31.4 Å². The van der Waals surface area contributed by atoms with Crippen molar-refractivity contribution in [3.05, 3.63) is 46.6 Å². The number of amides is 1. The van der Waals surface area contributed by atoms with Gasteiger partial charge < -0.3 is 18.6 Å². The van der Waals surface area contributed by atoms with Gasteiger partial charge in [-0.15, -0.1) is 0 Å². The van der Waals surface area contributed by atoms with Crippen molar-refractivity contribution in [1.82, 2.24) is 0 Å². The molecular formula is C25H27NO6. The number of nitrogens with one attached hydrogen (secondary N) is 1. The molecule has 2 aromatic carbocycles. The fraction of sp³-hybridized carbons (Fsp3) is 0.360. The summed E-state index contributed by atoms with van der Waals surface area (Å²) in [6.45, 7) is 0. The lowest BCUT2D eigenvalue weighted by atomic mass is 9.88. The molecule has 1 heterocycles. The van der Waals surface area contributed by atoms with Gasteiger partial charge in [-0.3, -0.25) is 14.9 Å². The fourth-order valence-corrected chi connectivity index (χ4v) is 4.30. The van der Waals surface area contributed by atoms with E-state index in [9.17, 15) is 9.59 Å². The minimum Gasteiger partial charge on any atom is -0.493 e. The molecular weight excluding hydrogens is 410 g/mol. The van der Waals surface area contributed by atoms with Crippen LogP contribution in [0.4, 0.5) is 5.88 Å². The van der Waals surface area contributed by atoms with E-state index in [1.165, 1.54) is 21.3 Å². The zero-order valence-electron chi connectivity index (χ0n) is 18.5. The Labute approximate surface area is 186 Å². The molecule has 1 aliphatic carbocycles. The Balaban J connectivity index is 1.89. The fourth-order valence-electron chi connectivity index (χ4n) is 4.30. The third kappa shape index (κ3) is 4.02. The Morgan fingerprint density at radius 3 is 2.25 bits per heavy atom. The molecule has 1 fully saturated rings. The van der Waals surface area contributed by atoms with E-state index in [1.807, 2.05) is 0 Å². The first kappa shape index (κ1) is 21.7. The largest absolute Gasteiger partial charge is 0.493 e. The highest BCUT2D eigenvalue weighted by atomic mass is 16.5. The van der Waals surface area contributed by atoms with Gasteiger partial charge in [-0.05, 0) is 42.7 Å². The second kappa shape index (κ2) is 9.34. The number of para-hydroxylation sites is 1. The molecule has 168 valence electrons. The van der Waals surface area contributed by atoms with E-state index < -0.39 is 0 Å². The van der Waals surface area contributed by atoms with E-state index in [0.29, 0.717) is 33.8 Å². The van der Waals surface area contributed by atoms with Crippen molar-refractivity contribution in [1.29, 1.82) is 0 Å². The molecule has 0 spiro atoms. The number of methoxy groups -OCH3 is 3. The third-order valence-corrected chi connectivity index (χ3v) is 5.96. The molecule has 1 amide bonds. The number of hydrogen-bond acceptors (Lipinski definition) is 6. The Kier molecular flexibility index (Phi) is 6.35. The van der Waals surface area contributed by atoms with E-state index in [-0.39, 0.29) is 28.7 Å². The predicted octanol–water partition coefficient (Wildman–Crippen LogP) is 5.00. The van der Waals surface area contributed by atoms with Crippen molar-refractivity contribution in [2.75, 3.05) is 26.6 Å². The highest BCUT2D eigenvalue weighted by molar-refractivity contribution is 5.97. The van der Waals surface area contributed by atoms with Crippen LogP contribution in [0.25, 0.3) is 22.1 Å². The number of anilines is 1. The maximum absolute atomic E-state index is 13.5. The van der Waals surface area contributed by atoms with Gasteiger partial charge >= 0.3 is 0 Å². The van der Waals surface area contributed by atoms with Crippen LogP contribution in [0.2, 0.25) is 0 Å². The summed E-state index contributed by atoms with van der Waals surface area (Å²) in [5, 5.41) is 3.32. The van der Waals surface area contributed by atoms with Gasteiger partial charge in [0.15, 0.2) is 11.5 Å². The van der Waals surface area contributed by atoms with Crippen LogP contribution in [0, 0.1) is 5.92 Å². The highest BCUT2D eigenvalue weighted by Crippen LogP contribution is 2.42. The minimum absolute atomic E-state index is 0.0895. The van der Waals surface area contributed by atoms with E-state index in [1.54, 1.807) is 36.4 Å². The van der Waals surface area contributed by atoms with Crippen LogP contribution < -0.4 is 25.0 Å². The number of carbonyl (C=O) groups is 1. The summed E-state index contributed by atoms with van der Waals surface area (Å²) in [4.78, 5) is 26.5. The van der Waals surface area contributed by atoms with Gasteiger partial charge in [0.1, 0.15) is 5.58 Å². The second-order valence-corrected chi connectivity index (χ2v) is 7.87. The molecule has 32 heavy (non-hydrogen) atoms. The Bertz CT molecular complexity index is 1170. The first-order valence-electron chi connectivity index (χ1n) is 10.7. The zero-order valence-corrected chi connectivity index (χ0v) is 18.5. The smallest absolute Gasteiger partial charge is 0.229 e. The maximum Gasteiger partial charge on any atom is 0.229 e. The van der Waals surface area contributed by atoms with E-state index in [2.05, 4.69) is 5.32 Å². The lowest BCUT2D eigenvalue weighted by molar-refractivity contribution is -0.120. The standard InChI is InChI=1S/C25H27NO6/c1-29-19-13-16(14-20(30-2)23(19)31-3)21-22(27)17-11-7-8-12-18(17)32-25(21)26-24(28)15-9-5-4-6-10-15/h7-8,11-15H,4-6,9-10H2,1-3H3,(H,26,28). The Morgan fingerprint density at radius 2 is 1.62 bits per heavy atom. The molecule has 3 aromatic rings. The Morgan fingerprint density at radius 1 is 0.969 bits per heavy atom. The zero-order chi connectivity index (χ0) is 22.7. The minimum atomic E-state index is -0.250. The number of rotatable bonds is 6. The summed E-state index contributed by atoms with van der Waals surface area (Å²) >= 11 is 0. The van der Waals surface area contributed by atoms with Gasteiger partial charge in [-0.2, -0.15) is 0 Å². The van der Waals surface area contributed by atoms with Crippen molar-refractivity contribution >= 4 is 22.8 Å². The predicted molar refractivity (Wildman–Crippen MR) is 123 cm³/mol. The number of carbonyl (C=O) groups excluding carboxylic acids is 1. The lowest BCUT2D eigenvalue weighted by Gasteiger charge is -2.21. The summed E-state index contributed by atoms with van der Waals surface area (Å²) in [7, 11) is 4.53. The first-order chi connectivity index (χ1) is 15.6. The summed E-state index contributed by atoms with van der Waals surface area (Å²) in [5.74, 6) is 1.12. The van der Waals surface area contributed by atoms with Crippen molar-refractivity contribution in [3.63, 3.8) is 0 Å². The average molecular weight is 437 g/mol. The summed E-state index contributed by atoms with van der Waals surface area (Å²) < 4.78 is 22.4. The third-order valence-electron chi connectivity index (χ3n) is 5.96. The summed E-state index contributed by atoms with van der Waals surface area (Å²) in [6.07, 6.45) is 4.87. The molecule has 0 unspecified atom stereocenters. The number of benzene rings is 2. The molecule has 1 aliphatic rings. The SMILES string of the molecule is COc1cc(-c2c(NC(=O)C3CCCCC3)oc3ccccc3c2=O)cc(OC)c1OC. The van der Waals surface area contributed by atoms with Crippen LogP contribution in [0.3, 0.4) is 0 Å². The van der Waals surface area contributed by atoms with Gasteiger partial charge in [0, 0.05) is 5.92 Å². The van der Waals surface area contributed by atoms with E-state index in [4.69, 9.17) is 18.6 Å². The van der Waals surface area contributed by atoms with Crippen LogP contribution in [-0.2, 0) is 4.79 Å². The molecule has 1 saturated carbocycles. The molecule has 4 rings (SSSR count). The Hall–Kier alpha value is -3.48. The van der Waals surface area contributed by atoms with Gasteiger partial charge in [0.2, 0.25) is 23.0 Å². The van der Waals surface area contributed by atoms with Gasteiger partial charge in [-0.25, -0.2) is 0 Å². The second-order valence-electron chi connectivity index (χ2n) is 7.87. The lowest BCUT2D eigenvalue weighted by Crippen LogP contribution is -2.26. The van der Waals surface area contributed by atoms with Gasteiger partial charge in [0.05, 0.1) is 32.3 Å². The molecule has 7 nitrogen and oxygen atoms in total. The van der Waals surface area contributed by atoms with Crippen LogP contribution in [-0.4, -0.2) is 27.2 Å². The molecule has 0 radical (unpaired) electrons. The molecule has 1 aromatic heterocycles. The summed E-state index contributed by atoms with van der Waals surface area (Å²) in [6, 6.07) is 10.3. The topological polar surface area (TPSA) is 87.0 Å². The molecule has 7 heteroatoms. The quantitative estimate of drug-likeness (QED) is 0.584. The first-order valence-corrected chi connectivity index (χ1v) is 10.7. The van der Waals surface area contributed by atoms with Gasteiger partial charge in [0.25, 0.3) is 0 Å². The molecule has 0 atom stereocenters. The van der Waals surface area contributed by atoms with Crippen LogP contribution >= 0.6 is 0 Å². The molecule has 0 bridgehead atoms. The molecule has 0 aliphatic heterocycles. The average Bonchev–Trinajstić information content (AvgIpc) is 2.83. The highest BCUT2D eigenvalue weighted by Gasteiger charge is 2.26. The number of fused-ring (bicyclic) bond motifs is 1. The monoisotopic (exact) mass is 437 g/mol. The van der Waals surface area contributed by atoms with Crippen LogP contribution in [0.5, 0.6) is 17.2 Å². The van der Waals surface area contributed by atoms with E-state index >= 15 is 0 Å². The maximum atomic E-state index is 13.5. The molecule has 0 saturated heterocycles.